The number of unbranched alkanes of at least 4 members (excludes halogenated alkanes) is 2. The minimum Gasteiger partial charge on any atom is -0.497 e. The van der Waals surface area contributed by atoms with E-state index in [-0.39, 0.29) is 5.78 Å². The molecule has 0 aliphatic rings. The normalized spacial score (nSPS) is 9.73. The van der Waals surface area contributed by atoms with Crippen molar-refractivity contribution >= 4 is 5.78 Å². The Hall–Kier alpha value is -2.53. The van der Waals surface area contributed by atoms with E-state index in [4.69, 9.17) is 4.74 Å². The Kier molecular flexibility index (Phi) is 5.80. The Balaban J connectivity index is 2.26. The maximum Gasteiger partial charge on any atom is 0.194 e. The van der Waals surface area contributed by atoms with Crippen LogP contribution in [0.2, 0.25) is 0 Å². The first-order valence-corrected chi connectivity index (χ1v) is 7.53. The van der Waals surface area contributed by atoms with Crippen LogP contribution < -0.4 is 4.74 Å². The van der Waals surface area contributed by atoms with Crippen molar-refractivity contribution in [3.63, 3.8) is 0 Å². The van der Waals surface area contributed by atoms with Crippen LogP contribution in [0.4, 0.5) is 0 Å². The topological polar surface area (TPSA) is 26.3 Å². The van der Waals surface area contributed by atoms with Gasteiger partial charge < -0.3 is 4.74 Å². The minimum atomic E-state index is -0.0111. The van der Waals surface area contributed by atoms with Crippen molar-refractivity contribution in [3.8, 4) is 17.6 Å². The molecule has 0 amide bonds. The van der Waals surface area contributed by atoms with Gasteiger partial charge in [0, 0.05) is 23.1 Å². The molecule has 0 radical (unpaired) electrons. The van der Waals surface area contributed by atoms with E-state index in [1.165, 1.54) is 0 Å². The maximum atomic E-state index is 12.6. The fourth-order valence-electron chi connectivity index (χ4n) is 2.11. The summed E-state index contributed by atoms with van der Waals surface area (Å²) in [6.07, 6.45) is 3.07. The van der Waals surface area contributed by atoms with Crippen molar-refractivity contribution in [2.75, 3.05) is 7.11 Å². The summed E-state index contributed by atoms with van der Waals surface area (Å²) in [6, 6.07) is 14.7. The number of carbonyl (C=O) groups excluding carboxylic acids is 1. The van der Waals surface area contributed by atoms with Crippen LogP contribution in [-0.2, 0) is 0 Å². The Morgan fingerprint density at radius 1 is 1.09 bits per heavy atom. The molecule has 0 aromatic heterocycles. The molecular weight excluding hydrogens is 272 g/mol. The second-order valence-corrected chi connectivity index (χ2v) is 5.01. The van der Waals surface area contributed by atoms with E-state index < -0.39 is 0 Å². The minimum absolute atomic E-state index is 0.0111. The van der Waals surface area contributed by atoms with Gasteiger partial charge >= 0.3 is 0 Å². The molecule has 0 fully saturated rings. The standard InChI is InChI=1S/C20H20O2/c1-3-4-5-6-9-16-10-7-8-11-19(16)20(21)17-12-14-18(22-2)15-13-17/h7-8,10-15H,3-5H2,1-2H3. The first-order valence-electron chi connectivity index (χ1n) is 7.53. The SMILES string of the molecule is CCCCC#Cc1ccccc1C(=O)c1ccc(OC)cc1. The summed E-state index contributed by atoms with van der Waals surface area (Å²) in [5.74, 6) is 7.00. The number of hydrogen-bond acceptors (Lipinski definition) is 2. The highest BCUT2D eigenvalue weighted by Crippen LogP contribution is 2.17. The second-order valence-electron chi connectivity index (χ2n) is 5.01. The van der Waals surface area contributed by atoms with E-state index in [1.54, 1.807) is 31.4 Å². The first-order chi connectivity index (χ1) is 10.8. The van der Waals surface area contributed by atoms with Crippen LogP contribution in [0.1, 0.15) is 47.7 Å². The van der Waals surface area contributed by atoms with Crippen LogP contribution in [-0.4, -0.2) is 12.9 Å². The molecule has 0 heterocycles. The lowest BCUT2D eigenvalue weighted by Crippen LogP contribution is -2.03. The number of ketones is 1. The molecule has 0 N–H and O–H groups in total. The third-order valence-corrected chi connectivity index (χ3v) is 3.40. The molecule has 22 heavy (non-hydrogen) atoms. The number of rotatable bonds is 5. The number of carbonyl (C=O) groups is 1. The number of ether oxygens (including phenoxy) is 1. The number of methoxy groups -OCH3 is 1. The average molecular weight is 292 g/mol. The van der Waals surface area contributed by atoms with Crippen molar-refractivity contribution in [2.24, 2.45) is 0 Å². The van der Waals surface area contributed by atoms with Crippen molar-refractivity contribution in [1.82, 2.24) is 0 Å². The zero-order valence-corrected chi connectivity index (χ0v) is 13.1. The van der Waals surface area contributed by atoms with E-state index in [2.05, 4.69) is 18.8 Å². The molecule has 0 atom stereocenters. The molecular formula is C20H20O2. The Bertz CT molecular complexity index is 688. The smallest absolute Gasteiger partial charge is 0.194 e. The van der Waals surface area contributed by atoms with Gasteiger partial charge in [0.25, 0.3) is 0 Å². The van der Waals surface area contributed by atoms with Gasteiger partial charge in [0.15, 0.2) is 5.78 Å². The summed E-state index contributed by atoms with van der Waals surface area (Å²) >= 11 is 0. The van der Waals surface area contributed by atoms with E-state index in [9.17, 15) is 4.79 Å². The monoisotopic (exact) mass is 292 g/mol. The van der Waals surface area contributed by atoms with Gasteiger partial charge in [-0.2, -0.15) is 0 Å². The lowest BCUT2D eigenvalue weighted by Gasteiger charge is -2.05. The van der Waals surface area contributed by atoms with Crippen molar-refractivity contribution < 1.29 is 9.53 Å². The van der Waals surface area contributed by atoms with Crippen LogP contribution in [0.15, 0.2) is 48.5 Å². The summed E-state index contributed by atoms with van der Waals surface area (Å²) in [5.41, 5.74) is 2.08. The van der Waals surface area contributed by atoms with E-state index >= 15 is 0 Å². The van der Waals surface area contributed by atoms with Crippen molar-refractivity contribution in [1.29, 1.82) is 0 Å². The predicted molar refractivity (Wildman–Crippen MR) is 89.3 cm³/mol. The maximum absolute atomic E-state index is 12.6. The summed E-state index contributed by atoms with van der Waals surface area (Å²) < 4.78 is 5.12. The molecule has 0 saturated heterocycles. The van der Waals surface area contributed by atoms with Gasteiger partial charge in [0.2, 0.25) is 0 Å². The molecule has 2 aromatic carbocycles. The fourth-order valence-corrected chi connectivity index (χ4v) is 2.11. The number of hydrogen-bond donors (Lipinski definition) is 0. The van der Waals surface area contributed by atoms with Crippen LogP contribution in [0.3, 0.4) is 0 Å². The summed E-state index contributed by atoms with van der Waals surface area (Å²) in [4.78, 5) is 12.6. The van der Waals surface area contributed by atoms with Crippen molar-refractivity contribution in [3.05, 3.63) is 65.2 Å². The summed E-state index contributed by atoms with van der Waals surface area (Å²) in [7, 11) is 1.61. The molecule has 0 aliphatic carbocycles. The van der Waals surface area contributed by atoms with Gasteiger partial charge in [0.05, 0.1) is 7.11 Å². The molecule has 112 valence electrons. The molecule has 0 bridgehead atoms. The predicted octanol–water partition coefficient (Wildman–Crippen LogP) is 4.47. The average Bonchev–Trinajstić information content (AvgIpc) is 2.58. The lowest BCUT2D eigenvalue weighted by atomic mass is 9.98. The first kappa shape index (κ1) is 15.9. The Morgan fingerprint density at radius 3 is 2.50 bits per heavy atom. The van der Waals surface area contributed by atoms with E-state index in [0.29, 0.717) is 11.1 Å². The zero-order valence-electron chi connectivity index (χ0n) is 13.1. The fraction of sp³-hybridized carbons (Fsp3) is 0.250. The highest BCUT2D eigenvalue weighted by molar-refractivity contribution is 6.10. The molecule has 0 saturated carbocycles. The van der Waals surface area contributed by atoms with Gasteiger partial charge in [-0.25, -0.2) is 0 Å². The molecule has 2 nitrogen and oxygen atoms in total. The summed E-state index contributed by atoms with van der Waals surface area (Å²) in [5, 5.41) is 0. The zero-order chi connectivity index (χ0) is 15.8. The van der Waals surface area contributed by atoms with Gasteiger partial charge in [-0.15, -0.1) is 0 Å². The van der Waals surface area contributed by atoms with Crippen LogP contribution in [0.25, 0.3) is 0 Å². The van der Waals surface area contributed by atoms with Gasteiger partial charge in [-0.05, 0) is 42.8 Å². The Morgan fingerprint density at radius 2 is 1.82 bits per heavy atom. The Labute approximate surface area is 132 Å². The third kappa shape index (κ3) is 3.99. The molecule has 0 spiro atoms. The highest BCUT2D eigenvalue weighted by atomic mass is 16.5. The van der Waals surface area contributed by atoms with E-state index in [1.807, 2.05) is 24.3 Å². The molecule has 0 unspecified atom stereocenters. The molecule has 2 aromatic rings. The van der Waals surface area contributed by atoms with Gasteiger partial charge in [-0.1, -0.05) is 37.3 Å². The largest absolute Gasteiger partial charge is 0.497 e. The van der Waals surface area contributed by atoms with Crippen molar-refractivity contribution in [2.45, 2.75) is 26.2 Å². The highest BCUT2D eigenvalue weighted by Gasteiger charge is 2.12. The van der Waals surface area contributed by atoms with Gasteiger partial charge in [0.1, 0.15) is 5.75 Å². The van der Waals surface area contributed by atoms with Crippen LogP contribution in [0, 0.1) is 11.8 Å². The van der Waals surface area contributed by atoms with Crippen LogP contribution >= 0.6 is 0 Å². The van der Waals surface area contributed by atoms with Crippen LogP contribution in [0.5, 0.6) is 5.75 Å². The number of benzene rings is 2. The molecule has 2 heteroatoms. The van der Waals surface area contributed by atoms with E-state index in [0.717, 1.165) is 30.6 Å². The quantitative estimate of drug-likeness (QED) is 0.462. The molecule has 0 aliphatic heterocycles. The summed E-state index contributed by atoms with van der Waals surface area (Å²) in [6.45, 7) is 2.14. The lowest BCUT2D eigenvalue weighted by molar-refractivity contribution is 0.103. The second kappa shape index (κ2) is 8.05. The van der Waals surface area contributed by atoms with Gasteiger partial charge in [-0.3, -0.25) is 4.79 Å². The third-order valence-electron chi connectivity index (χ3n) is 3.40. The molecule has 2 rings (SSSR count).